The molecule has 8 heteroatoms. The minimum absolute atomic E-state index is 0.116. The highest BCUT2D eigenvalue weighted by molar-refractivity contribution is 7.89. The number of piperidine rings is 1. The number of benzene rings is 1. The van der Waals surface area contributed by atoms with Crippen LogP contribution in [-0.2, 0) is 14.8 Å². The second-order valence-corrected chi connectivity index (χ2v) is 8.13. The van der Waals surface area contributed by atoms with E-state index in [9.17, 15) is 13.2 Å². The number of nitrogens with zero attached hydrogens (tertiary/aromatic N) is 2. The van der Waals surface area contributed by atoms with Gasteiger partial charge in [-0.05, 0) is 57.2 Å². The van der Waals surface area contributed by atoms with E-state index in [0.29, 0.717) is 5.75 Å². The third-order valence-corrected chi connectivity index (χ3v) is 6.04. The Kier molecular flexibility index (Phi) is 6.20. The van der Waals surface area contributed by atoms with Gasteiger partial charge in [0, 0.05) is 13.1 Å². The maximum atomic E-state index is 12.5. The first kappa shape index (κ1) is 18.7. The summed E-state index contributed by atoms with van der Waals surface area (Å²) in [5, 5.41) is 2.92. The molecule has 1 fully saturated rings. The second-order valence-electron chi connectivity index (χ2n) is 6.08. The number of hydrogen-bond acceptors (Lipinski definition) is 5. The van der Waals surface area contributed by atoms with Gasteiger partial charge in [0.15, 0.2) is 0 Å². The van der Waals surface area contributed by atoms with Crippen molar-refractivity contribution in [2.24, 2.45) is 0 Å². The SMILES string of the molecule is COc1ccc(S(=O)(=O)N(C)CC(=O)NC2CCN(C)CC2)cc1. The highest BCUT2D eigenvalue weighted by Crippen LogP contribution is 2.18. The number of hydrogen-bond donors (Lipinski definition) is 1. The molecule has 0 spiro atoms. The smallest absolute Gasteiger partial charge is 0.243 e. The number of nitrogens with one attached hydrogen (secondary N) is 1. The molecular formula is C16H25N3O4S. The van der Waals surface area contributed by atoms with Gasteiger partial charge in [-0.1, -0.05) is 0 Å². The molecule has 1 amide bonds. The number of methoxy groups -OCH3 is 1. The molecule has 2 rings (SSSR count). The Hall–Kier alpha value is -1.64. The third kappa shape index (κ3) is 4.68. The normalized spacial score (nSPS) is 17.0. The van der Waals surface area contributed by atoms with Crippen molar-refractivity contribution in [3.8, 4) is 5.75 Å². The van der Waals surface area contributed by atoms with Crippen LogP contribution in [0.15, 0.2) is 29.2 Å². The van der Waals surface area contributed by atoms with Crippen LogP contribution in [0, 0.1) is 0 Å². The zero-order valence-corrected chi connectivity index (χ0v) is 15.2. The van der Waals surface area contributed by atoms with Crippen molar-refractivity contribution in [2.75, 3.05) is 40.8 Å². The Morgan fingerprint density at radius 1 is 1.29 bits per heavy atom. The fourth-order valence-electron chi connectivity index (χ4n) is 2.64. The molecule has 1 aliphatic heterocycles. The predicted octanol–water partition coefficient (Wildman–Crippen LogP) is 0.526. The van der Waals surface area contributed by atoms with Crippen molar-refractivity contribution in [1.29, 1.82) is 0 Å². The van der Waals surface area contributed by atoms with E-state index in [1.165, 1.54) is 26.3 Å². The first-order valence-corrected chi connectivity index (χ1v) is 9.35. The van der Waals surface area contributed by atoms with E-state index >= 15 is 0 Å². The maximum absolute atomic E-state index is 12.5. The molecule has 0 aliphatic carbocycles. The van der Waals surface area contributed by atoms with Crippen molar-refractivity contribution in [1.82, 2.24) is 14.5 Å². The minimum Gasteiger partial charge on any atom is -0.497 e. The van der Waals surface area contributed by atoms with Gasteiger partial charge in [0.25, 0.3) is 0 Å². The van der Waals surface area contributed by atoms with Gasteiger partial charge < -0.3 is 15.0 Å². The van der Waals surface area contributed by atoms with Crippen molar-refractivity contribution < 1.29 is 17.9 Å². The summed E-state index contributed by atoms with van der Waals surface area (Å²) in [6.45, 7) is 1.68. The van der Waals surface area contributed by atoms with Gasteiger partial charge in [0.2, 0.25) is 15.9 Å². The minimum atomic E-state index is -3.70. The lowest BCUT2D eigenvalue weighted by Gasteiger charge is -2.29. The highest BCUT2D eigenvalue weighted by Gasteiger charge is 2.25. The molecule has 1 N–H and O–H groups in total. The predicted molar refractivity (Wildman–Crippen MR) is 91.5 cm³/mol. The van der Waals surface area contributed by atoms with Gasteiger partial charge in [-0.3, -0.25) is 4.79 Å². The summed E-state index contributed by atoms with van der Waals surface area (Å²) >= 11 is 0. The number of carbonyl (C=O) groups excluding carboxylic acids is 1. The van der Waals surface area contributed by atoms with Gasteiger partial charge in [0.1, 0.15) is 5.75 Å². The van der Waals surface area contributed by atoms with E-state index in [0.717, 1.165) is 30.2 Å². The quantitative estimate of drug-likeness (QED) is 0.805. The largest absolute Gasteiger partial charge is 0.497 e. The standard InChI is InChI=1S/C16H25N3O4S/c1-18-10-8-13(9-11-18)17-16(20)12-19(2)24(21,22)15-6-4-14(23-3)5-7-15/h4-7,13H,8-12H2,1-3H3,(H,17,20). The van der Waals surface area contributed by atoms with E-state index in [1.54, 1.807) is 12.1 Å². The highest BCUT2D eigenvalue weighted by atomic mass is 32.2. The first-order chi connectivity index (χ1) is 11.3. The summed E-state index contributed by atoms with van der Waals surface area (Å²) in [7, 11) is 1.28. The van der Waals surface area contributed by atoms with Gasteiger partial charge in [-0.2, -0.15) is 4.31 Å². The number of carbonyl (C=O) groups is 1. The Labute approximate surface area is 143 Å². The fraction of sp³-hybridized carbons (Fsp3) is 0.562. The van der Waals surface area contributed by atoms with Crippen LogP contribution in [-0.4, -0.2) is 70.4 Å². The number of ether oxygens (including phenoxy) is 1. The zero-order valence-electron chi connectivity index (χ0n) is 14.4. The topological polar surface area (TPSA) is 79.0 Å². The Morgan fingerprint density at radius 3 is 2.42 bits per heavy atom. The number of likely N-dealkylation sites (N-methyl/N-ethyl adjacent to an activating group) is 1. The van der Waals surface area contributed by atoms with Crippen LogP contribution in [0.2, 0.25) is 0 Å². The number of sulfonamides is 1. The zero-order chi connectivity index (χ0) is 17.7. The summed E-state index contributed by atoms with van der Waals surface area (Å²) in [4.78, 5) is 14.5. The molecule has 1 aromatic rings. The van der Waals surface area contributed by atoms with Crippen LogP contribution in [0.1, 0.15) is 12.8 Å². The average molecular weight is 355 g/mol. The summed E-state index contributed by atoms with van der Waals surface area (Å²) in [5.74, 6) is 0.306. The first-order valence-electron chi connectivity index (χ1n) is 7.91. The van der Waals surface area contributed by atoms with Crippen molar-refractivity contribution >= 4 is 15.9 Å². The molecule has 0 aromatic heterocycles. The molecule has 1 aromatic carbocycles. The average Bonchev–Trinajstić information content (AvgIpc) is 2.57. The number of likely N-dealkylation sites (tertiary alicyclic amines) is 1. The molecular weight excluding hydrogens is 330 g/mol. The molecule has 1 heterocycles. The monoisotopic (exact) mass is 355 g/mol. The van der Waals surface area contributed by atoms with E-state index in [4.69, 9.17) is 4.74 Å². The molecule has 1 aliphatic rings. The van der Waals surface area contributed by atoms with Gasteiger partial charge in [-0.25, -0.2) is 8.42 Å². The van der Waals surface area contributed by atoms with E-state index in [2.05, 4.69) is 10.2 Å². The molecule has 0 saturated carbocycles. The van der Waals surface area contributed by atoms with Crippen LogP contribution in [0.4, 0.5) is 0 Å². The van der Waals surface area contributed by atoms with Crippen molar-refractivity contribution in [2.45, 2.75) is 23.8 Å². The molecule has 134 valence electrons. The van der Waals surface area contributed by atoms with Crippen LogP contribution in [0.3, 0.4) is 0 Å². The third-order valence-electron chi connectivity index (χ3n) is 4.22. The molecule has 7 nitrogen and oxygen atoms in total. The lowest BCUT2D eigenvalue weighted by Crippen LogP contribution is -2.46. The van der Waals surface area contributed by atoms with Gasteiger partial charge in [-0.15, -0.1) is 0 Å². The lowest BCUT2D eigenvalue weighted by atomic mass is 10.1. The van der Waals surface area contributed by atoms with Crippen LogP contribution >= 0.6 is 0 Å². The Morgan fingerprint density at radius 2 is 1.88 bits per heavy atom. The number of rotatable bonds is 6. The van der Waals surface area contributed by atoms with Crippen LogP contribution < -0.4 is 10.1 Å². The van der Waals surface area contributed by atoms with Crippen molar-refractivity contribution in [3.63, 3.8) is 0 Å². The lowest BCUT2D eigenvalue weighted by molar-refractivity contribution is -0.122. The fourth-order valence-corrected chi connectivity index (χ4v) is 3.77. The molecule has 24 heavy (non-hydrogen) atoms. The molecule has 0 bridgehead atoms. The summed E-state index contributed by atoms with van der Waals surface area (Å²) in [6.07, 6.45) is 1.77. The van der Waals surface area contributed by atoms with Crippen LogP contribution in [0.5, 0.6) is 5.75 Å². The van der Waals surface area contributed by atoms with Gasteiger partial charge in [0.05, 0.1) is 18.6 Å². The molecule has 0 radical (unpaired) electrons. The summed E-state index contributed by atoms with van der Waals surface area (Å²) in [6, 6.07) is 6.23. The second kappa shape index (κ2) is 7.96. The van der Waals surface area contributed by atoms with E-state index in [1.807, 2.05) is 7.05 Å². The maximum Gasteiger partial charge on any atom is 0.243 e. The van der Waals surface area contributed by atoms with E-state index < -0.39 is 10.0 Å². The van der Waals surface area contributed by atoms with E-state index in [-0.39, 0.29) is 23.4 Å². The van der Waals surface area contributed by atoms with Crippen molar-refractivity contribution in [3.05, 3.63) is 24.3 Å². The Bertz CT molecular complexity index is 652. The van der Waals surface area contributed by atoms with Gasteiger partial charge >= 0.3 is 0 Å². The molecule has 0 unspecified atom stereocenters. The molecule has 1 saturated heterocycles. The van der Waals surface area contributed by atoms with Crippen LogP contribution in [0.25, 0.3) is 0 Å². The molecule has 0 atom stereocenters. The number of amides is 1. The Balaban J connectivity index is 1.94. The summed E-state index contributed by atoms with van der Waals surface area (Å²) < 4.78 is 31.1. The summed E-state index contributed by atoms with van der Waals surface area (Å²) in [5.41, 5.74) is 0.